The molecule has 2 nitrogen and oxygen atoms in total. The fourth-order valence-electron chi connectivity index (χ4n) is 3.02. The molecule has 1 aromatic heterocycles. The van der Waals surface area contributed by atoms with Crippen molar-refractivity contribution in [3.8, 4) is 17.0 Å². The second-order valence-electron chi connectivity index (χ2n) is 6.68. The Balaban J connectivity index is 1.61. The highest BCUT2D eigenvalue weighted by Crippen LogP contribution is 2.24. The summed E-state index contributed by atoms with van der Waals surface area (Å²) in [5, 5.41) is 1.19. The highest BCUT2D eigenvalue weighted by atomic mass is 16.5. The average molecular weight is 333 g/mol. The van der Waals surface area contributed by atoms with Crippen molar-refractivity contribution in [3.63, 3.8) is 0 Å². The van der Waals surface area contributed by atoms with Gasteiger partial charge >= 0.3 is 0 Å². The van der Waals surface area contributed by atoms with Gasteiger partial charge in [-0.15, -0.1) is 0 Å². The number of unbranched alkanes of at least 4 members (excludes halogenated alkanes) is 4. The Hall–Kier alpha value is -2.35. The number of benzene rings is 2. The molecule has 0 aliphatic rings. The lowest BCUT2D eigenvalue weighted by molar-refractivity contribution is 0.304. The molecule has 0 N–H and O–H groups in total. The van der Waals surface area contributed by atoms with E-state index in [0.717, 1.165) is 35.6 Å². The Labute approximate surface area is 150 Å². The standard InChI is InChI=1S/C23H27NO/c1-3-4-5-6-7-16-25-21-12-9-19(10-13-21)22-15-11-20-17-18(2)8-14-23(20)24-22/h8-15,17H,3-7,16H2,1-2H3. The van der Waals surface area contributed by atoms with Crippen molar-refractivity contribution in [2.45, 2.75) is 46.0 Å². The number of hydrogen-bond acceptors (Lipinski definition) is 2. The van der Waals surface area contributed by atoms with E-state index in [1.54, 1.807) is 0 Å². The van der Waals surface area contributed by atoms with Gasteiger partial charge in [-0.25, -0.2) is 4.98 Å². The molecule has 25 heavy (non-hydrogen) atoms. The normalized spacial score (nSPS) is 11.0. The maximum Gasteiger partial charge on any atom is 0.119 e. The maximum absolute atomic E-state index is 5.84. The lowest BCUT2D eigenvalue weighted by Crippen LogP contribution is -1.97. The van der Waals surface area contributed by atoms with Crippen molar-refractivity contribution >= 4 is 10.9 Å². The molecule has 1 heterocycles. The van der Waals surface area contributed by atoms with Gasteiger partial charge in [-0.2, -0.15) is 0 Å². The lowest BCUT2D eigenvalue weighted by atomic mass is 10.1. The molecule has 3 aromatic rings. The molecule has 2 heteroatoms. The van der Waals surface area contributed by atoms with E-state index in [9.17, 15) is 0 Å². The van der Waals surface area contributed by atoms with Crippen LogP contribution in [0.15, 0.2) is 54.6 Å². The van der Waals surface area contributed by atoms with Crippen LogP contribution in [-0.4, -0.2) is 11.6 Å². The molecule has 0 radical (unpaired) electrons. The maximum atomic E-state index is 5.84. The molecule has 0 unspecified atom stereocenters. The summed E-state index contributed by atoms with van der Waals surface area (Å²) in [6.45, 7) is 5.15. The molecule has 2 aromatic carbocycles. The van der Waals surface area contributed by atoms with Crippen LogP contribution in [0.5, 0.6) is 5.75 Å². The zero-order chi connectivity index (χ0) is 17.5. The monoisotopic (exact) mass is 333 g/mol. The van der Waals surface area contributed by atoms with Crippen LogP contribution in [0.3, 0.4) is 0 Å². The zero-order valence-corrected chi connectivity index (χ0v) is 15.3. The molecule has 0 fully saturated rings. The van der Waals surface area contributed by atoms with E-state index in [1.165, 1.54) is 36.6 Å². The third-order valence-electron chi connectivity index (χ3n) is 4.51. The molecule has 0 atom stereocenters. The Bertz CT molecular complexity index is 808. The van der Waals surface area contributed by atoms with Crippen molar-refractivity contribution in [1.82, 2.24) is 4.98 Å². The van der Waals surface area contributed by atoms with E-state index in [4.69, 9.17) is 9.72 Å². The van der Waals surface area contributed by atoms with Gasteiger partial charge in [0.2, 0.25) is 0 Å². The minimum atomic E-state index is 0.802. The van der Waals surface area contributed by atoms with E-state index < -0.39 is 0 Å². The first-order valence-corrected chi connectivity index (χ1v) is 9.37. The Kier molecular flexibility index (Phi) is 6.05. The zero-order valence-electron chi connectivity index (χ0n) is 15.3. The quantitative estimate of drug-likeness (QED) is 0.435. The molecule has 0 saturated heterocycles. The third kappa shape index (κ3) is 4.82. The number of rotatable bonds is 8. The summed E-state index contributed by atoms with van der Waals surface area (Å²) in [5.74, 6) is 0.940. The number of nitrogens with zero attached hydrogens (tertiary/aromatic N) is 1. The van der Waals surface area contributed by atoms with Crippen LogP contribution in [0, 0.1) is 6.92 Å². The molecule has 0 bridgehead atoms. The van der Waals surface area contributed by atoms with Gasteiger partial charge in [0.25, 0.3) is 0 Å². The van der Waals surface area contributed by atoms with Crippen LogP contribution in [0.4, 0.5) is 0 Å². The molecular weight excluding hydrogens is 306 g/mol. The fourth-order valence-corrected chi connectivity index (χ4v) is 3.02. The van der Waals surface area contributed by atoms with Gasteiger partial charge in [0.1, 0.15) is 5.75 Å². The number of ether oxygens (including phenoxy) is 1. The average Bonchev–Trinajstić information content (AvgIpc) is 2.64. The SMILES string of the molecule is CCCCCCCOc1ccc(-c2ccc3cc(C)ccc3n2)cc1. The molecule has 0 amide bonds. The van der Waals surface area contributed by atoms with Crippen LogP contribution in [0.2, 0.25) is 0 Å². The lowest BCUT2D eigenvalue weighted by Gasteiger charge is -2.08. The summed E-state index contributed by atoms with van der Waals surface area (Å²) < 4.78 is 5.84. The molecule has 3 rings (SSSR count). The highest BCUT2D eigenvalue weighted by molar-refractivity contribution is 5.82. The van der Waals surface area contributed by atoms with Crippen molar-refractivity contribution in [2.24, 2.45) is 0 Å². The van der Waals surface area contributed by atoms with Crippen LogP contribution in [0.25, 0.3) is 22.2 Å². The number of hydrogen-bond donors (Lipinski definition) is 0. The summed E-state index contributed by atoms with van der Waals surface area (Å²) in [6, 6.07) is 18.9. The summed E-state index contributed by atoms with van der Waals surface area (Å²) in [6.07, 6.45) is 6.31. The third-order valence-corrected chi connectivity index (χ3v) is 4.51. The van der Waals surface area contributed by atoms with E-state index >= 15 is 0 Å². The molecule has 0 spiro atoms. The number of aryl methyl sites for hydroxylation is 1. The second-order valence-corrected chi connectivity index (χ2v) is 6.68. The number of fused-ring (bicyclic) bond motifs is 1. The van der Waals surface area contributed by atoms with Gasteiger partial charge in [0.05, 0.1) is 17.8 Å². The first-order valence-electron chi connectivity index (χ1n) is 9.37. The van der Waals surface area contributed by atoms with Crippen LogP contribution in [-0.2, 0) is 0 Å². The van der Waals surface area contributed by atoms with Gasteiger partial charge in [-0.1, -0.05) is 50.3 Å². The van der Waals surface area contributed by atoms with Gasteiger partial charge in [0, 0.05) is 10.9 Å². The van der Waals surface area contributed by atoms with E-state index in [1.807, 2.05) is 12.1 Å². The Morgan fingerprint density at radius 1 is 0.840 bits per heavy atom. The summed E-state index contributed by atoms with van der Waals surface area (Å²) >= 11 is 0. The van der Waals surface area contributed by atoms with E-state index in [-0.39, 0.29) is 0 Å². The van der Waals surface area contributed by atoms with Crippen molar-refractivity contribution < 1.29 is 4.74 Å². The highest BCUT2D eigenvalue weighted by Gasteiger charge is 2.03. The smallest absolute Gasteiger partial charge is 0.119 e. The predicted octanol–water partition coefficient (Wildman–Crippen LogP) is 6.56. The van der Waals surface area contributed by atoms with E-state index in [0.29, 0.717) is 0 Å². The molecule has 0 aliphatic heterocycles. The minimum Gasteiger partial charge on any atom is -0.494 e. The second kappa shape index (κ2) is 8.66. The molecule has 130 valence electrons. The van der Waals surface area contributed by atoms with Gasteiger partial charge < -0.3 is 4.74 Å². The summed E-state index contributed by atoms with van der Waals surface area (Å²) in [7, 11) is 0. The van der Waals surface area contributed by atoms with Crippen molar-refractivity contribution in [1.29, 1.82) is 0 Å². The van der Waals surface area contributed by atoms with Crippen molar-refractivity contribution in [2.75, 3.05) is 6.61 Å². The van der Waals surface area contributed by atoms with Crippen LogP contribution in [0.1, 0.15) is 44.6 Å². The summed E-state index contributed by atoms with van der Waals surface area (Å²) in [4.78, 5) is 4.78. The first-order chi connectivity index (χ1) is 12.3. The fraction of sp³-hybridized carbons (Fsp3) is 0.348. The number of pyridine rings is 1. The van der Waals surface area contributed by atoms with Crippen molar-refractivity contribution in [3.05, 3.63) is 60.2 Å². The van der Waals surface area contributed by atoms with Gasteiger partial charge in [-0.3, -0.25) is 0 Å². The molecule has 0 aliphatic carbocycles. The Morgan fingerprint density at radius 2 is 1.64 bits per heavy atom. The minimum absolute atomic E-state index is 0.802. The number of aromatic nitrogens is 1. The summed E-state index contributed by atoms with van der Waals surface area (Å²) in [5.41, 5.74) is 4.42. The van der Waals surface area contributed by atoms with Crippen LogP contribution >= 0.6 is 0 Å². The topological polar surface area (TPSA) is 22.1 Å². The largest absolute Gasteiger partial charge is 0.494 e. The Morgan fingerprint density at radius 3 is 2.44 bits per heavy atom. The van der Waals surface area contributed by atoms with E-state index in [2.05, 4.69) is 56.3 Å². The predicted molar refractivity (Wildman–Crippen MR) is 106 cm³/mol. The van der Waals surface area contributed by atoms with Gasteiger partial charge in [-0.05, 0) is 55.8 Å². The first kappa shape index (κ1) is 17.5. The van der Waals surface area contributed by atoms with Crippen LogP contribution < -0.4 is 4.74 Å². The molecule has 0 saturated carbocycles. The molecular formula is C23H27NO. The van der Waals surface area contributed by atoms with Gasteiger partial charge in [0.15, 0.2) is 0 Å².